The lowest BCUT2D eigenvalue weighted by atomic mass is 9.96. The number of hydrogen-bond donors (Lipinski definition) is 0. The number of aromatic nitrogens is 1. The molecule has 4 rings (SSSR count). The van der Waals surface area contributed by atoms with Crippen molar-refractivity contribution >= 4 is 10.8 Å². The number of fused-ring (bicyclic) bond motifs is 1. The van der Waals surface area contributed by atoms with Gasteiger partial charge in [0.05, 0.1) is 7.11 Å². The molecule has 0 radical (unpaired) electrons. The van der Waals surface area contributed by atoms with Gasteiger partial charge in [-0.3, -0.25) is 4.90 Å². The van der Waals surface area contributed by atoms with Gasteiger partial charge in [-0.15, -0.1) is 0 Å². The first-order valence-electron chi connectivity index (χ1n) is 9.20. The highest BCUT2D eigenvalue weighted by Gasteiger charge is 2.20. The molecule has 0 spiro atoms. The molecular formula is C22H26N2O. The number of methoxy groups -OCH3 is 1. The van der Waals surface area contributed by atoms with E-state index in [-0.39, 0.29) is 0 Å². The van der Waals surface area contributed by atoms with Gasteiger partial charge in [0.15, 0.2) is 0 Å². The molecule has 1 aromatic heterocycles. The van der Waals surface area contributed by atoms with Crippen LogP contribution in [0.1, 0.15) is 18.4 Å². The molecule has 1 saturated heterocycles. The van der Waals surface area contributed by atoms with E-state index in [0.29, 0.717) is 0 Å². The van der Waals surface area contributed by atoms with E-state index in [4.69, 9.17) is 4.74 Å². The molecule has 0 saturated carbocycles. The minimum atomic E-state index is 0.774. The fraction of sp³-hybridized carbons (Fsp3) is 0.364. The molecule has 1 aliphatic heterocycles. The summed E-state index contributed by atoms with van der Waals surface area (Å²) in [6.45, 7) is 4.47. The minimum absolute atomic E-state index is 0.774. The Morgan fingerprint density at radius 1 is 0.920 bits per heavy atom. The van der Waals surface area contributed by atoms with Crippen LogP contribution in [0.2, 0.25) is 0 Å². The third kappa shape index (κ3) is 3.72. The Morgan fingerprint density at radius 3 is 2.24 bits per heavy atom. The van der Waals surface area contributed by atoms with Gasteiger partial charge in [-0.1, -0.05) is 42.5 Å². The molecule has 3 heteroatoms. The highest BCUT2D eigenvalue weighted by Crippen LogP contribution is 2.25. The van der Waals surface area contributed by atoms with Crippen LogP contribution in [0, 0.1) is 5.92 Å². The number of rotatable bonds is 5. The van der Waals surface area contributed by atoms with Crippen LogP contribution in [0.5, 0.6) is 5.75 Å². The van der Waals surface area contributed by atoms with Gasteiger partial charge in [0.2, 0.25) is 0 Å². The van der Waals surface area contributed by atoms with E-state index in [9.17, 15) is 0 Å². The summed E-state index contributed by atoms with van der Waals surface area (Å²) in [6, 6.07) is 17.0. The Kier molecular flexibility index (Phi) is 4.75. The monoisotopic (exact) mass is 334 g/mol. The van der Waals surface area contributed by atoms with Crippen LogP contribution in [0.15, 0.2) is 60.9 Å². The summed E-state index contributed by atoms with van der Waals surface area (Å²) in [5.41, 5.74) is 1.29. The second-order valence-corrected chi connectivity index (χ2v) is 7.12. The van der Waals surface area contributed by atoms with Crippen LogP contribution in [0.3, 0.4) is 0 Å². The summed E-state index contributed by atoms with van der Waals surface area (Å²) in [7, 11) is 1.76. The third-order valence-electron chi connectivity index (χ3n) is 5.37. The predicted molar refractivity (Wildman–Crippen MR) is 103 cm³/mol. The summed E-state index contributed by atoms with van der Waals surface area (Å²) < 4.78 is 7.87. The van der Waals surface area contributed by atoms with Gasteiger partial charge in [-0.25, -0.2) is 0 Å². The fourth-order valence-corrected chi connectivity index (χ4v) is 3.95. The van der Waals surface area contributed by atoms with Gasteiger partial charge >= 0.3 is 0 Å². The van der Waals surface area contributed by atoms with Gasteiger partial charge in [-0.2, -0.15) is 0 Å². The summed E-state index contributed by atoms with van der Waals surface area (Å²) in [5, 5.41) is 2.69. The van der Waals surface area contributed by atoms with E-state index in [2.05, 4.69) is 64.3 Å². The first kappa shape index (κ1) is 16.2. The van der Waals surface area contributed by atoms with E-state index in [1.807, 2.05) is 6.07 Å². The van der Waals surface area contributed by atoms with Gasteiger partial charge in [-0.05, 0) is 48.7 Å². The first-order chi connectivity index (χ1) is 12.3. The Morgan fingerprint density at radius 2 is 1.56 bits per heavy atom. The van der Waals surface area contributed by atoms with Crippen LogP contribution >= 0.6 is 0 Å². The molecule has 0 N–H and O–H groups in total. The normalized spacial score (nSPS) is 16.4. The molecule has 130 valence electrons. The first-order valence-corrected chi connectivity index (χ1v) is 9.20. The van der Waals surface area contributed by atoms with Gasteiger partial charge in [0, 0.05) is 31.0 Å². The Hall–Kier alpha value is -2.26. The van der Waals surface area contributed by atoms with Gasteiger partial charge in [0.1, 0.15) is 5.75 Å². The maximum atomic E-state index is 5.49. The SMILES string of the molecule is COc1ccccc1CN1CCC(Cn2cc3ccccc3c2)CC1. The van der Waals surface area contributed by atoms with Crippen LogP contribution in [-0.2, 0) is 13.1 Å². The molecule has 3 nitrogen and oxygen atoms in total. The zero-order valence-electron chi connectivity index (χ0n) is 14.9. The Bertz CT molecular complexity index is 798. The topological polar surface area (TPSA) is 17.4 Å². The quantitative estimate of drug-likeness (QED) is 0.680. The molecule has 2 aromatic carbocycles. The molecule has 1 fully saturated rings. The van der Waals surface area contributed by atoms with Crippen LogP contribution < -0.4 is 4.74 Å². The molecule has 0 bridgehead atoms. The maximum Gasteiger partial charge on any atom is 0.123 e. The standard InChI is InChI=1S/C22H26N2O/c1-25-22-9-5-4-8-21(22)17-23-12-10-18(11-13-23)14-24-15-19-6-2-3-7-20(19)16-24/h2-9,15-16,18H,10-14,17H2,1H3. The molecule has 0 atom stereocenters. The number of piperidine rings is 1. The molecule has 3 aromatic rings. The van der Waals surface area contributed by atoms with Crippen molar-refractivity contribution in [2.45, 2.75) is 25.9 Å². The van der Waals surface area contributed by atoms with E-state index in [0.717, 1.165) is 24.8 Å². The maximum absolute atomic E-state index is 5.49. The molecule has 1 aliphatic rings. The highest BCUT2D eigenvalue weighted by molar-refractivity contribution is 5.82. The minimum Gasteiger partial charge on any atom is -0.496 e. The largest absolute Gasteiger partial charge is 0.496 e. The average Bonchev–Trinajstić information content (AvgIpc) is 3.06. The lowest BCUT2D eigenvalue weighted by Gasteiger charge is -2.32. The van der Waals surface area contributed by atoms with Crippen molar-refractivity contribution in [2.24, 2.45) is 5.92 Å². The number of ether oxygens (including phenoxy) is 1. The Labute approximate surface area is 149 Å². The van der Waals surface area contributed by atoms with E-state index < -0.39 is 0 Å². The number of benzene rings is 2. The van der Waals surface area contributed by atoms with Crippen molar-refractivity contribution in [3.05, 3.63) is 66.5 Å². The summed E-state index contributed by atoms with van der Waals surface area (Å²) in [5.74, 6) is 1.78. The third-order valence-corrected chi connectivity index (χ3v) is 5.37. The summed E-state index contributed by atoms with van der Waals surface area (Å²) in [4.78, 5) is 2.56. The van der Waals surface area contributed by atoms with E-state index in [1.54, 1.807) is 7.11 Å². The zero-order valence-corrected chi connectivity index (χ0v) is 14.9. The van der Waals surface area contributed by atoms with Gasteiger partial charge < -0.3 is 9.30 Å². The van der Waals surface area contributed by atoms with E-state index >= 15 is 0 Å². The zero-order chi connectivity index (χ0) is 17.1. The molecular weight excluding hydrogens is 308 g/mol. The van der Waals surface area contributed by atoms with E-state index in [1.165, 1.54) is 42.3 Å². The van der Waals surface area contributed by atoms with Crippen molar-refractivity contribution in [1.82, 2.24) is 9.47 Å². The van der Waals surface area contributed by atoms with Crippen molar-refractivity contribution < 1.29 is 4.74 Å². The summed E-state index contributed by atoms with van der Waals surface area (Å²) in [6.07, 6.45) is 7.11. The number of nitrogens with zero attached hydrogens (tertiary/aromatic N) is 2. The van der Waals surface area contributed by atoms with Crippen molar-refractivity contribution in [3.63, 3.8) is 0 Å². The fourth-order valence-electron chi connectivity index (χ4n) is 3.95. The highest BCUT2D eigenvalue weighted by atomic mass is 16.5. The van der Waals surface area contributed by atoms with Crippen molar-refractivity contribution in [1.29, 1.82) is 0 Å². The van der Waals surface area contributed by atoms with Crippen LogP contribution in [-0.4, -0.2) is 29.7 Å². The molecule has 2 heterocycles. The lowest BCUT2D eigenvalue weighted by molar-refractivity contribution is 0.166. The van der Waals surface area contributed by atoms with Crippen molar-refractivity contribution in [2.75, 3.05) is 20.2 Å². The van der Waals surface area contributed by atoms with Gasteiger partial charge in [0.25, 0.3) is 0 Å². The second kappa shape index (κ2) is 7.32. The molecule has 0 amide bonds. The van der Waals surface area contributed by atoms with Crippen LogP contribution in [0.4, 0.5) is 0 Å². The number of para-hydroxylation sites is 1. The number of hydrogen-bond acceptors (Lipinski definition) is 2. The second-order valence-electron chi connectivity index (χ2n) is 7.12. The Balaban J connectivity index is 1.33. The lowest BCUT2D eigenvalue weighted by Crippen LogP contribution is -2.34. The predicted octanol–water partition coefficient (Wildman–Crippen LogP) is 4.56. The molecule has 0 unspecified atom stereocenters. The molecule has 25 heavy (non-hydrogen) atoms. The van der Waals surface area contributed by atoms with Crippen molar-refractivity contribution in [3.8, 4) is 5.75 Å². The summed E-state index contributed by atoms with van der Waals surface area (Å²) >= 11 is 0. The number of likely N-dealkylation sites (tertiary alicyclic amines) is 1. The smallest absolute Gasteiger partial charge is 0.123 e. The van der Waals surface area contributed by atoms with Crippen LogP contribution in [0.25, 0.3) is 10.8 Å². The average molecular weight is 334 g/mol. The molecule has 0 aliphatic carbocycles.